The fraction of sp³-hybridized carbons (Fsp3) is 0.227. The van der Waals surface area contributed by atoms with Gasteiger partial charge in [-0.05, 0) is 42.3 Å². The Kier molecular flexibility index (Phi) is 4.98. The van der Waals surface area contributed by atoms with Crippen LogP contribution in [0.2, 0.25) is 0 Å². The lowest BCUT2D eigenvalue weighted by Crippen LogP contribution is -2.27. The minimum Gasteiger partial charge on any atom is -0.355 e. The third-order valence-electron chi connectivity index (χ3n) is 5.48. The van der Waals surface area contributed by atoms with E-state index in [0.717, 1.165) is 37.5 Å². The number of halogens is 3. The van der Waals surface area contributed by atoms with Gasteiger partial charge in [0.1, 0.15) is 10.5 Å². The van der Waals surface area contributed by atoms with E-state index in [0.29, 0.717) is 26.2 Å². The molecule has 0 amide bonds. The van der Waals surface area contributed by atoms with Gasteiger partial charge in [0.05, 0.1) is 23.6 Å². The fourth-order valence-electron chi connectivity index (χ4n) is 3.77. The average Bonchev–Trinajstić information content (AvgIpc) is 3.41. The van der Waals surface area contributed by atoms with Gasteiger partial charge in [-0.25, -0.2) is 4.98 Å². The molecule has 1 aliphatic heterocycles. The summed E-state index contributed by atoms with van der Waals surface area (Å²) in [4.78, 5) is 20.3. The number of benzene rings is 1. The second kappa shape index (κ2) is 7.72. The van der Waals surface area contributed by atoms with Crippen molar-refractivity contribution in [3.05, 3.63) is 70.8 Å². The van der Waals surface area contributed by atoms with Gasteiger partial charge in [0.25, 0.3) is 5.56 Å². The van der Waals surface area contributed by atoms with E-state index in [4.69, 9.17) is 5.73 Å². The van der Waals surface area contributed by atoms with E-state index in [9.17, 15) is 18.0 Å². The molecule has 1 aromatic carbocycles. The van der Waals surface area contributed by atoms with Crippen molar-refractivity contribution >= 4 is 27.2 Å². The molecule has 0 aliphatic carbocycles. The van der Waals surface area contributed by atoms with Gasteiger partial charge >= 0.3 is 6.18 Å². The van der Waals surface area contributed by atoms with Gasteiger partial charge < -0.3 is 10.6 Å². The number of alkyl halides is 3. The summed E-state index contributed by atoms with van der Waals surface area (Å²) in [5.41, 5.74) is 6.09. The molecule has 4 heterocycles. The first-order valence-electron chi connectivity index (χ1n) is 9.96. The zero-order valence-corrected chi connectivity index (χ0v) is 17.5. The monoisotopic (exact) mass is 457 g/mol. The van der Waals surface area contributed by atoms with Gasteiger partial charge in [-0.3, -0.25) is 4.79 Å². The Morgan fingerprint density at radius 2 is 1.88 bits per heavy atom. The number of thiophene rings is 1. The van der Waals surface area contributed by atoms with E-state index in [1.165, 1.54) is 28.2 Å². The van der Waals surface area contributed by atoms with Crippen LogP contribution in [0.3, 0.4) is 0 Å². The number of rotatable bonds is 3. The number of aromatic nitrogens is 3. The Morgan fingerprint density at radius 3 is 2.50 bits per heavy atom. The predicted octanol–water partition coefficient (Wildman–Crippen LogP) is 4.07. The van der Waals surface area contributed by atoms with Gasteiger partial charge in [-0.15, -0.1) is 11.3 Å². The summed E-state index contributed by atoms with van der Waals surface area (Å²) in [6.07, 6.45) is -0.292. The Hall–Kier alpha value is -3.24. The molecule has 0 bridgehead atoms. The molecule has 164 valence electrons. The first-order chi connectivity index (χ1) is 15.3. The summed E-state index contributed by atoms with van der Waals surface area (Å²) in [7, 11) is 0. The minimum atomic E-state index is -4.39. The van der Waals surface area contributed by atoms with E-state index < -0.39 is 11.7 Å². The summed E-state index contributed by atoms with van der Waals surface area (Å²) in [6, 6.07) is 10.4. The lowest BCUT2D eigenvalue weighted by Gasteiger charge is -2.16. The van der Waals surface area contributed by atoms with E-state index in [-0.39, 0.29) is 11.6 Å². The van der Waals surface area contributed by atoms with Crippen molar-refractivity contribution in [2.75, 3.05) is 18.0 Å². The van der Waals surface area contributed by atoms with Crippen molar-refractivity contribution in [1.82, 2.24) is 14.8 Å². The molecule has 0 unspecified atom stereocenters. The zero-order valence-electron chi connectivity index (χ0n) is 16.7. The molecule has 6 nitrogen and oxygen atoms in total. The van der Waals surface area contributed by atoms with Gasteiger partial charge in [-0.2, -0.15) is 23.0 Å². The third kappa shape index (κ3) is 3.76. The molecule has 0 spiro atoms. The Morgan fingerprint density at radius 1 is 1.09 bits per heavy atom. The third-order valence-corrected chi connectivity index (χ3v) is 6.67. The molecule has 1 aliphatic rings. The van der Waals surface area contributed by atoms with Gasteiger partial charge in [0, 0.05) is 29.4 Å². The van der Waals surface area contributed by atoms with Crippen molar-refractivity contribution in [3.8, 4) is 16.1 Å². The van der Waals surface area contributed by atoms with Crippen molar-refractivity contribution in [2.24, 2.45) is 5.73 Å². The van der Waals surface area contributed by atoms with Crippen LogP contribution in [0.1, 0.15) is 12.0 Å². The molecule has 1 saturated heterocycles. The Labute approximate surface area is 184 Å². The van der Waals surface area contributed by atoms with Crippen molar-refractivity contribution < 1.29 is 13.2 Å². The predicted molar refractivity (Wildman–Crippen MR) is 118 cm³/mol. The van der Waals surface area contributed by atoms with Crippen LogP contribution in [-0.2, 0) is 6.18 Å². The molecule has 0 saturated carbocycles. The van der Waals surface area contributed by atoms with Crippen LogP contribution >= 0.6 is 11.3 Å². The maximum Gasteiger partial charge on any atom is 0.416 e. The van der Waals surface area contributed by atoms with Crippen molar-refractivity contribution in [2.45, 2.75) is 18.6 Å². The van der Waals surface area contributed by atoms with Crippen LogP contribution in [0.25, 0.3) is 26.2 Å². The standard InChI is InChI=1S/C22H18F3N5OS/c23-22(24,25)15-3-1-13(2-4-15)18-9-14-10-28-30(21(31)20(14)32-18)17-5-6-19(27-11-17)29-8-7-16(26)12-29/h1-6,9-11,16H,7-8,12,26H2/t16-/m1/s1. The molecule has 10 heteroatoms. The van der Waals surface area contributed by atoms with Crippen LogP contribution in [0.4, 0.5) is 19.0 Å². The number of fused-ring (bicyclic) bond motifs is 1. The molecular formula is C22H18F3N5OS. The summed E-state index contributed by atoms with van der Waals surface area (Å²) in [6.45, 7) is 1.60. The summed E-state index contributed by atoms with van der Waals surface area (Å²) in [5.74, 6) is 0.802. The van der Waals surface area contributed by atoms with Gasteiger partial charge in [0.15, 0.2) is 0 Å². The minimum absolute atomic E-state index is 0.140. The maximum atomic E-state index is 13.1. The SMILES string of the molecule is N[C@@H]1CCN(c2ccc(-n3ncc4cc(-c5ccc(C(F)(F)F)cc5)sc4c3=O)cn2)C1. The van der Waals surface area contributed by atoms with Crippen LogP contribution in [0, 0.1) is 0 Å². The zero-order chi connectivity index (χ0) is 22.5. The number of nitrogens with two attached hydrogens (primary N) is 1. The molecular weight excluding hydrogens is 439 g/mol. The highest BCUT2D eigenvalue weighted by molar-refractivity contribution is 7.22. The lowest BCUT2D eigenvalue weighted by molar-refractivity contribution is -0.137. The molecule has 5 rings (SSSR count). The number of nitrogens with zero attached hydrogens (tertiary/aromatic N) is 4. The first-order valence-corrected chi connectivity index (χ1v) is 10.8. The van der Waals surface area contributed by atoms with E-state index in [1.807, 2.05) is 6.07 Å². The highest BCUT2D eigenvalue weighted by Gasteiger charge is 2.30. The number of anilines is 1. The molecule has 4 aromatic rings. The van der Waals surface area contributed by atoms with E-state index in [1.54, 1.807) is 24.5 Å². The lowest BCUT2D eigenvalue weighted by atomic mass is 10.1. The summed E-state index contributed by atoms with van der Waals surface area (Å²) >= 11 is 1.23. The van der Waals surface area contributed by atoms with Gasteiger partial charge in [0.2, 0.25) is 0 Å². The normalized spacial score (nSPS) is 16.8. The molecule has 0 radical (unpaired) electrons. The molecule has 2 N–H and O–H groups in total. The average molecular weight is 457 g/mol. The highest BCUT2D eigenvalue weighted by atomic mass is 32.1. The summed E-state index contributed by atoms with van der Waals surface area (Å²) in [5, 5.41) is 4.90. The smallest absolute Gasteiger partial charge is 0.355 e. The topological polar surface area (TPSA) is 77.0 Å². The van der Waals surface area contributed by atoms with E-state index in [2.05, 4.69) is 15.0 Å². The van der Waals surface area contributed by atoms with E-state index >= 15 is 0 Å². The Bertz CT molecular complexity index is 1330. The first kappa shape index (κ1) is 20.7. The number of hydrogen-bond donors (Lipinski definition) is 1. The van der Waals surface area contributed by atoms with Crippen molar-refractivity contribution in [1.29, 1.82) is 0 Å². The van der Waals surface area contributed by atoms with Crippen LogP contribution < -0.4 is 16.2 Å². The molecule has 3 aromatic heterocycles. The van der Waals surface area contributed by atoms with Crippen LogP contribution in [0.15, 0.2) is 59.7 Å². The molecule has 1 fully saturated rings. The second-order valence-corrected chi connectivity index (χ2v) is 8.75. The summed E-state index contributed by atoms with van der Waals surface area (Å²) < 4.78 is 40.2. The Balaban J connectivity index is 1.46. The number of pyridine rings is 1. The van der Waals surface area contributed by atoms with Crippen LogP contribution in [-0.4, -0.2) is 33.9 Å². The number of hydrogen-bond acceptors (Lipinski definition) is 6. The quantitative estimate of drug-likeness (QED) is 0.502. The molecule has 1 atom stereocenters. The van der Waals surface area contributed by atoms with Gasteiger partial charge in [-0.1, -0.05) is 12.1 Å². The van der Waals surface area contributed by atoms with Crippen molar-refractivity contribution in [3.63, 3.8) is 0 Å². The maximum absolute atomic E-state index is 13.1. The fourth-order valence-corrected chi connectivity index (χ4v) is 4.84. The largest absolute Gasteiger partial charge is 0.416 e. The second-order valence-electron chi connectivity index (χ2n) is 7.70. The highest BCUT2D eigenvalue weighted by Crippen LogP contribution is 2.34. The molecule has 32 heavy (non-hydrogen) atoms. The van der Waals surface area contributed by atoms with Crippen LogP contribution in [0.5, 0.6) is 0 Å².